The summed E-state index contributed by atoms with van der Waals surface area (Å²) in [5, 5.41) is 9.18. The monoisotopic (exact) mass is 286 g/mol. The zero-order valence-corrected chi connectivity index (χ0v) is 11.9. The zero-order valence-electron chi connectivity index (χ0n) is 11.9. The van der Waals surface area contributed by atoms with E-state index in [1.165, 1.54) is 24.3 Å². The second-order valence-corrected chi connectivity index (χ2v) is 4.61. The summed E-state index contributed by atoms with van der Waals surface area (Å²) < 4.78 is 10.8. The number of rotatable bonds is 6. The number of hydrogen-bond acceptors (Lipinski definition) is 4. The predicted octanol–water partition coefficient (Wildman–Crippen LogP) is 3.79. The first-order valence-electron chi connectivity index (χ1n) is 6.93. The van der Waals surface area contributed by atoms with Crippen molar-refractivity contribution in [3.05, 3.63) is 54.1 Å². The van der Waals surface area contributed by atoms with Crippen LogP contribution in [0.1, 0.15) is 30.1 Å². The van der Waals surface area contributed by atoms with Crippen molar-refractivity contribution in [2.45, 2.75) is 19.8 Å². The molecule has 0 atom stereocenters. The molecule has 21 heavy (non-hydrogen) atoms. The SMILES string of the molecule is CCCCOc1ccc(OC(=O)c2ccc(O)cc2)cc1. The number of carbonyl (C=O) groups excluding carboxylic acids is 1. The van der Waals surface area contributed by atoms with Crippen LogP contribution in [0.25, 0.3) is 0 Å². The maximum Gasteiger partial charge on any atom is 0.343 e. The van der Waals surface area contributed by atoms with Crippen LogP contribution in [0.5, 0.6) is 17.2 Å². The van der Waals surface area contributed by atoms with Crippen molar-refractivity contribution in [2.24, 2.45) is 0 Å². The highest BCUT2D eigenvalue weighted by Gasteiger charge is 2.08. The van der Waals surface area contributed by atoms with E-state index in [9.17, 15) is 9.90 Å². The van der Waals surface area contributed by atoms with Gasteiger partial charge in [0, 0.05) is 0 Å². The van der Waals surface area contributed by atoms with Gasteiger partial charge in [0.25, 0.3) is 0 Å². The maximum atomic E-state index is 11.9. The molecule has 0 bridgehead atoms. The van der Waals surface area contributed by atoms with Crippen LogP contribution in [-0.4, -0.2) is 17.7 Å². The third kappa shape index (κ3) is 4.53. The zero-order chi connectivity index (χ0) is 15.1. The van der Waals surface area contributed by atoms with Crippen molar-refractivity contribution >= 4 is 5.97 Å². The van der Waals surface area contributed by atoms with E-state index >= 15 is 0 Å². The Kier molecular flexibility index (Phi) is 5.21. The molecule has 0 aliphatic heterocycles. The summed E-state index contributed by atoms with van der Waals surface area (Å²) in [7, 11) is 0. The summed E-state index contributed by atoms with van der Waals surface area (Å²) in [6, 6.07) is 12.9. The second kappa shape index (κ2) is 7.33. The number of carbonyl (C=O) groups is 1. The van der Waals surface area contributed by atoms with Gasteiger partial charge in [0.15, 0.2) is 0 Å². The predicted molar refractivity (Wildman–Crippen MR) is 79.9 cm³/mol. The van der Waals surface area contributed by atoms with Gasteiger partial charge in [-0.3, -0.25) is 0 Å². The average Bonchev–Trinajstić information content (AvgIpc) is 2.50. The van der Waals surface area contributed by atoms with Crippen molar-refractivity contribution < 1.29 is 19.4 Å². The fraction of sp³-hybridized carbons (Fsp3) is 0.235. The summed E-state index contributed by atoms with van der Waals surface area (Å²) >= 11 is 0. The topological polar surface area (TPSA) is 55.8 Å². The molecular weight excluding hydrogens is 268 g/mol. The van der Waals surface area contributed by atoms with E-state index in [1.54, 1.807) is 24.3 Å². The van der Waals surface area contributed by atoms with Gasteiger partial charge in [-0.15, -0.1) is 0 Å². The highest BCUT2D eigenvalue weighted by Crippen LogP contribution is 2.19. The van der Waals surface area contributed by atoms with E-state index in [0.717, 1.165) is 18.6 Å². The molecule has 2 aromatic rings. The number of benzene rings is 2. The molecule has 0 heterocycles. The Morgan fingerprint density at radius 1 is 1.00 bits per heavy atom. The molecule has 0 aromatic heterocycles. The molecule has 0 aliphatic carbocycles. The number of phenols is 1. The smallest absolute Gasteiger partial charge is 0.343 e. The standard InChI is InChI=1S/C17H18O4/c1-2-3-12-20-15-8-10-16(11-9-15)21-17(19)13-4-6-14(18)7-5-13/h4-11,18H,2-3,12H2,1H3. The van der Waals surface area contributed by atoms with Crippen LogP contribution >= 0.6 is 0 Å². The van der Waals surface area contributed by atoms with Gasteiger partial charge in [0.1, 0.15) is 17.2 Å². The van der Waals surface area contributed by atoms with E-state index in [4.69, 9.17) is 9.47 Å². The second-order valence-electron chi connectivity index (χ2n) is 4.61. The fourth-order valence-electron chi connectivity index (χ4n) is 1.70. The minimum atomic E-state index is -0.463. The van der Waals surface area contributed by atoms with Crippen molar-refractivity contribution in [3.8, 4) is 17.2 Å². The first kappa shape index (κ1) is 14.9. The molecule has 4 nitrogen and oxygen atoms in total. The van der Waals surface area contributed by atoms with Crippen molar-refractivity contribution in [2.75, 3.05) is 6.61 Å². The summed E-state index contributed by atoms with van der Waals surface area (Å²) in [5.74, 6) is 0.860. The number of phenolic OH excluding ortho intramolecular Hbond substituents is 1. The van der Waals surface area contributed by atoms with E-state index in [2.05, 4.69) is 6.92 Å². The number of esters is 1. The molecule has 0 saturated carbocycles. The minimum absolute atomic E-state index is 0.111. The molecular formula is C17H18O4. The average molecular weight is 286 g/mol. The van der Waals surface area contributed by atoms with Crippen LogP contribution in [-0.2, 0) is 0 Å². The van der Waals surface area contributed by atoms with Gasteiger partial charge in [-0.2, -0.15) is 0 Å². The summed E-state index contributed by atoms with van der Waals surface area (Å²) in [4.78, 5) is 11.9. The van der Waals surface area contributed by atoms with E-state index < -0.39 is 5.97 Å². The minimum Gasteiger partial charge on any atom is -0.508 e. The molecule has 0 saturated heterocycles. The lowest BCUT2D eigenvalue weighted by Gasteiger charge is -2.07. The largest absolute Gasteiger partial charge is 0.508 e. The summed E-state index contributed by atoms with van der Waals surface area (Å²) in [6.07, 6.45) is 2.10. The molecule has 2 aromatic carbocycles. The Hall–Kier alpha value is -2.49. The molecule has 110 valence electrons. The lowest BCUT2D eigenvalue weighted by Crippen LogP contribution is -2.08. The van der Waals surface area contributed by atoms with Crippen LogP contribution in [0.4, 0.5) is 0 Å². The summed E-state index contributed by atoms with van der Waals surface area (Å²) in [5.41, 5.74) is 0.385. The van der Waals surface area contributed by atoms with Crippen molar-refractivity contribution in [1.82, 2.24) is 0 Å². The maximum absolute atomic E-state index is 11.9. The van der Waals surface area contributed by atoms with Gasteiger partial charge in [-0.05, 0) is 55.0 Å². The number of unbranched alkanes of at least 4 members (excludes halogenated alkanes) is 1. The van der Waals surface area contributed by atoms with Gasteiger partial charge in [-0.1, -0.05) is 13.3 Å². The van der Waals surface area contributed by atoms with Gasteiger partial charge in [0.05, 0.1) is 12.2 Å². The molecule has 0 spiro atoms. The molecule has 2 rings (SSSR count). The van der Waals surface area contributed by atoms with Gasteiger partial charge in [0.2, 0.25) is 0 Å². The third-order valence-corrected chi connectivity index (χ3v) is 2.90. The Morgan fingerprint density at radius 2 is 1.62 bits per heavy atom. The van der Waals surface area contributed by atoms with E-state index in [0.29, 0.717) is 17.9 Å². The molecule has 0 fully saturated rings. The van der Waals surface area contributed by atoms with Crippen molar-refractivity contribution in [3.63, 3.8) is 0 Å². The van der Waals surface area contributed by atoms with E-state index in [1.807, 2.05) is 0 Å². The Labute approximate surface area is 123 Å². The van der Waals surface area contributed by atoms with Crippen LogP contribution in [0, 0.1) is 0 Å². The van der Waals surface area contributed by atoms with Gasteiger partial charge in [-0.25, -0.2) is 4.79 Å². The van der Waals surface area contributed by atoms with Crippen LogP contribution in [0.2, 0.25) is 0 Å². The molecule has 4 heteroatoms. The first-order chi connectivity index (χ1) is 10.2. The fourth-order valence-corrected chi connectivity index (χ4v) is 1.70. The Balaban J connectivity index is 1.93. The molecule has 0 radical (unpaired) electrons. The Morgan fingerprint density at radius 3 is 2.24 bits per heavy atom. The Bertz CT molecular complexity index is 573. The highest BCUT2D eigenvalue weighted by molar-refractivity contribution is 5.91. The molecule has 0 aliphatic rings. The normalized spacial score (nSPS) is 10.1. The van der Waals surface area contributed by atoms with Crippen LogP contribution in [0.3, 0.4) is 0 Å². The van der Waals surface area contributed by atoms with Crippen LogP contribution < -0.4 is 9.47 Å². The number of hydrogen-bond donors (Lipinski definition) is 1. The van der Waals surface area contributed by atoms with Gasteiger partial charge < -0.3 is 14.6 Å². The van der Waals surface area contributed by atoms with Gasteiger partial charge >= 0.3 is 5.97 Å². The number of ether oxygens (including phenoxy) is 2. The third-order valence-electron chi connectivity index (χ3n) is 2.90. The molecule has 1 N–H and O–H groups in total. The molecule has 0 amide bonds. The lowest BCUT2D eigenvalue weighted by molar-refractivity contribution is 0.0734. The summed E-state index contributed by atoms with van der Waals surface area (Å²) in [6.45, 7) is 2.79. The number of aromatic hydroxyl groups is 1. The quantitative estimate of drug-likeness (QED) is 0.498. The van der Waals surface area contributed by atoms with Crippen LogP contribution in [0.15, 0.2) is 48.5 Å². The first-order valence-corrected chi connectivity index (χ1v) is 6.93. The van der Waals surface area contributed by atoms with Crippen molar-refractivity contribution in [1.29, 1.82) is 0 Å². The lowest BCUT2D eigenvalue weighted by atomic mass is 10.2. The highest BCUT2D eigenvalue weighted by atomic mass is 16.5. The molecule has 0 unspecified atom stereocenters. The van der Waals surface area contributed by atoms with E-state index in [-0.39, 0.29) is 5.75 Å².